The van der Waals surface area contributed by atoms with Crippen LogP contribution >= 0.6 is 15.9 Å². The Kier molecular flexibility index (Phi) is 6.41. The first-order chi connectivity index (χ1) is 10.5. The molecule has 0 aliphatic carbocycles. The average molecular weight is 368 g/mol. The zero-order valence-electron chi connectivity index (χ0n) is 13.7. The number of benzene rings is 1. The molecule has 0 aromatic heterocycles. The van der Waals surface area contributed by atoms with E-state index in [1.165, 1.54) is 5.56 Å². The first kappa shape index (κ1) is 17.4. The van der Waals surface area contributed by atoms with Crippen molar-refractivity contribution in [2.24, 2.45) is 0 Å². The van der Waals surface area contributed by atoms with Gasteiger partial charge in [0, 0.05) is 29.3 Å². The van der Waals surface area contributed by atoms with Crippen molar-refractivity contribution in [3.8, 4) is 0 Å². The molecule has 0 saturated carbocycles. The van der Waals surface area contributed by atoms with E-state index in [0.29, 0.717) is 12.6 Å². The summed E-state index contributed by atoms with van der Waals surface area (Å²) in [7, 11) is 4.26. The van der Waals surface area contributed by atoms with Crippen molar-refractivity contribution in [3.63, 3.8) is 0 Å². The van der Waals surface area contributed by atoms with Crippen LogP contribution in [0.1, 0.15) is 25.3 Å². The molecular weight excluding hydrogens is 342 g/mol. The number of amides is 1. The van der Waals surface area contributed by atoms with Crippen LogP contribution in [0.25, 0.3) is 0 Å². The number of nitrogens with one attached hydrogen (secondary N) is 1. The van der Waals surface area contributed by atoms with Crippen molar-refractivity contribution in [2.75, 3.05) is 39.0 Å². The van der Waals surface area contributed by atoms with E-state index in [9.17, 15) is 4.79 Å². The third kappa shape index (κ3) is 4.80. The summed E-state index contributed by atoms with van der Waals surface area (Å²) in [5.41, 5.74) is 2.11. The average Bonchev–Trinajstić information content (AvgIpc) is 2.48. The van der Waals surface area contributed by atoms with Gasteiger partial charge in [0.05, 0.1) is 6.54 Å². The fourth-order valence-electron chi connectivity index (χ4n) is 2.91. The van der Waals surface area contributed by atoms with Crippen molar-refractivity contribution in [1.82, 2.24) is 9.80 Å². The van der Waals surface area contributed by atoms with E-state index in [1.54, 1.807) is 0 Å². The molecule has 1 heterocycles. The van der Waals surface area contributed by atoms with Crippen molar-refractivity contribution in [2.45, 2.75) is 32.2 Å². The molecule has 22 heavy (non-hydrogen) atoms. The number of carbonyl (C=O) groups is 1. The molecule has 0 atom stereocenters. The smallest absolute Gasteiger partial charge is 0.238 e. The summed E-state index contributed by atoms with van der Waals surface area (Å²) in [6.45, 7) is 4.59. The summed E-state index contributed by atoms with van der Waals surface area (Å²) in [6, 6.07) is 6.66. The maximum Gasteiger partial charge on any atom is 0.238 e. The lowest BCUT2D eigenvalue weighted by atomic mass is 10.0. The zero-order chi connectivity index (χ0) is 16.1. The summed E-state index contributed by atoms with van der Waals surface area (Å²) in [5.74, 6) is 0.0689. The Hall–Kier alpha value is -0.910. The number of hydrogen-bond acceptors (Lipinski definition) is 3. The molecule has 1 aliphatic rings. The molecule has 0 radical (unpaired) electrons. The number of aryl methyl sites for hydroxylation is 1. The number of anilines is 1. The first-order valence-corrected chi connectivity index (χ1v) is 8.76. The Labute approximate surface area is 142 Å². The lowest BCUT2D eigenvalue weighted by Crippen LogP contribution is -2.44. The quantitative estimate of drug-likeness (QED) is 0.868. The third-order valence-corrected chi connectivity index (χ3v) is 5.11. The highest BCUT2D eigenvalue weighted by atomic mass is 79.9. The predicted molar refractivity (Wildman–Crippen MR) is 95.3 cm³/mol. The minimum Gasteiger partial charge on any atom is -0.325 e. The Morgan fingerprint density at radius 1 is 1.36 bits per heavy atom. The van der Waals surface area contributed by atoms with Gasteiger partial charge in [0.1, 0.15) is 0 Å². The standard InChI is InChI=1S/C17H26BrN3O/c1-4-13-5-6-14(11-16(13)18)19-17(22)12-21-9-7-15(8-10-21)20(2)3/h5-6,11,15H,4,7-10,12H2,1-3H3,(H,19,22). The highest BCUT2D eigenvalue weighted by Crippen LogP contribution is 2.22. The number of carbonyl (C=O) groups excluding carboxylic acids is 1. The van der Waals surface area contributed by atoms with Gasteiger partial charge >= 0.3 is 0 Å². The molecule has 1 aromatic rings. The molecule has 1 fully saturated rings. The Morgan fingerprint density at radius 2 is 2.05 bits per heavy atom. The normalized spacial score (nSPS) is 17.0. The summed E-state index contributed by atoms with van der Waals surface area (Å²) >= 11 is 3.55. The summed E-state index contributed by atoms with van der Waals surface area (Å²) in [5, 5.41) is 2.99. The van der Waals surface area contributed by atoms with Gasteiger partial charge in [0.2, 0.25) is 5.91 Å². The molecule has 0 spiro atoms. The molecule has 4 nitrogen and oxygen atoms in total. The third-order valence-electron chi connectivity index (χ3n) is 4.37. The lowest BCUT2D eigenvalue weighted by Gasteiger charge is -2.34. The Balaban J connectivity index is 1.82. The van der Waals surface area contributed by atoms with Crippen LogP contribution in [-0.4, -0.2) is 55.5 Å². The molecule has 0 unspecified atom stereocenters. The minimum atomic E-state index is 0.0689. The molecule has 1 aliphatic heterocycles. The second-order valence-electron chi connectivity index (χ2n) is 6.18. The molecule has 5 heteroatoms. The predicted octanol–water partition coefficient (Wildman–Crippen LogP) is 2.98. The van der Waals surface area contributed by atoms with Crippen LogP contribution in [0.15, 0.2) is 22.7 Å². The van der Waals surface area contributed by atoms with Crippen molar-refractivity contribution in [1.29, 1.82) is 0 Å². The van der Waals surface area contributed by atoms with E-state index in [-0.39, 0.29) is 5.91 Å². The first-order valence-electron chi connectivity index (χ1n) is 7.96. The van der Waals surface area contributed by atoms with E-state index >= 15 is 0 Å². The van der Waals surface area contributed by atoms with E-state index in [0.717, 1.165) is 42.5 Å². The van der Waals surface area contributed by atoms with Crippen LogP contribution in [0.3, 0.4) is 0 Å². The molecule has 122 valence electrons. The van der Waals surface area contributed by atoms with Crippen LogP contribution < -0.4 is 5.32 Å². The number of rotatable bonds is 5. The maximum absolute atomic E-state index is 12.2. The fraction of sp³-hybridized carbons (Fsp3) is 0.588. The van der Waals surface area contributed by atoms with Crippen LogP contribution in [0, 0.1) is 0 Å². The minimum absolute atomic E-state index is 0.0689. The molecule has 0 bridgehead atoms. The van der Waals surface area contributed by atoms with Gasteiger partial charge in [-0.3, -0.25) is 9.69 Å². The van der Waals surface area contributed by atoms with Crippen LogP contribution in [0.2, 0.25) is 0 Å². The second kappa shape index (κ2) is 8.09. The van der Waals surface area contributed by atoms with E-state index in [2.05, 4.69) is 58.1 Å². The Morgan fingerprint density at radius 3 is 2.59 bits per heavy atom. The van der Waals surface area contributed by atoms with Gasteiger partial charge in [-0.05, 0) is 51.1 Å². The van der Waals surface area contributed by atoms with E-state index in [4.69, 9.17) is 0 Å². The second-order valence-corrected chi connectivity index (χ2v) is 7.03. The maximum atomic E-state index is 12.2. The lowest BCUT2D eigenvalue weighted by molar-refractivity contribution is -0.117. The highest BCUT2D eigenvalue weighted by Gasteiger charge is 2.21. The monoisotopic (exact) mass is 367 g/mol. The largest absolute Gasteiger partial charge is 0.325 e. The zero-order valence-corrected chi connectivity index (χ0v) is 15.3. The van der Waals surface area contributed by atoms with Gasteiger partial charge in [-0.2, -0.15) is 0 Å². The number of hydrogen-bond donors (Lipinski definition) is 1. The van der Waals surface area contributed by atoms with Crippen LogP contribution in [0.5, 0.6) is 0 Å². The summed E-state index contributed by atoms with van der Waals surface area (Å²) < 4.78 is 1.06. The molecule has 1 N–H and O–H groups in total. The number of halogens is 1. The molecule has 2 rings (SSSR count). The summed E-state index contributed by atoms with van der Waals surface area (Å²) in [6.07, 6.45) is 3.25. The molecule has 1 aromatic carbocycles. The van der Waals surface area contributed by atoms with Gasteiger partial charge in [-0.15, -0.1) is 0 Å². The van der Waals surface area contributed by atoms with Crippen molar-refractivity contribution in [3.05, 3.63) is 28.2 Å². The molecular formula is C17H26BrN3O. The van der Waals surface area contributed by atoms with Gasteiger partial charge < -0.3 is 10.2 Å². The van der Waals surface area contributed by atoms with Gasteiger partial charge in [0.25, 0.3) is 0 Å². The van der Waals surface area contributed by atoms with Gasteiger partial charge in [-0.25, -0.2) is 0 Å². The topological polar surface area (TPSA) is 35.6 Å². The van der Waals surface area contributed by atoms with Crippen LogP contribution in [0.4, 0.5) is 5.69 Å². The number of nitrogens with zero attached hydrogens (tertiary/aromatic N) is 2. The number of likely N-dealkylation sites (tertiary alicyclic amines) is 1. The number of piperidine rings is 1. The highest BCUT2D eigenvalue weighted by molar-refractivity contribution is 9.10. The Bertz CT molecular complexity index is 511. The van der Waals surface area contributed by atoms with E-state index < -0.39 is 0 Å². The SMILES string of the molecule is CCc1ccc(NC(=O)CN2CCC(N(C)C)CC2)cc1Br. The molecule has 1 amide bonds. The van der Waals surface area contributed by atoms with Gasteiger partial charge in [-0.1, -0.05) is 28.9 Å². The summed E-state index contributed by atoms with van der Waals surface area (Å²) in [4.78, 5) is 16.7. The van der Waals surface area contributed by atoms with E-state index in [1.807, 2.05) is 12.1 Å². The van der Waals surface area contributed by atoms with Crippen molar-refractivity contribution < 1.29 is 4.79 Å². The fourth-order valence-corrected chi connectivity index (χ4v) is 3.57. The van der Waals surface area contributed by atoms with Crippen LogP contribution in [-0.2, 0) is 11.2 Å². The van der Waals surface area contributed by atoms with Gasteiger partial charge in [0.15, 0.2) is 0 Å². The molecule has 1 saturated heterocycles. The van der Waals surface area contributed by atoms with Crippen molar-refractivity contribution >= 4 is 27.5 Å².